The molecule has 0 aliphatic heterocycles. The molecule has 1 rings (SSSR count). The van der Waals surface area contributed by atoms with Crippen LogP contribution in [0.15, 0.2) is 18.2 Å². The molecule has 114 valence electrons. The first-order valence-corrected chi connectivity index (χ1v) is 8.02. The number of ether oxygens (including phenoxy) is 2. The van der Waals surface area contributed by atoms with Gasteiger partial charge in [-0.05, 0) is 30.5 Å². The van der Waals surface area contributed by atoms with E-state index in [9.17, 15) is 0 Å². The van der Waals surface area contributed by atoms with E-state index in [2.05, 4.69) is 19.1 Å². The van der Waals surface area contributed by atoms with Crippen molar-refractivity contribution in [1.29, 1.82) is 0 Å². The normalized spacial score (nSPS) is 10.6. The average Bonchev–Trinajstić information content (AvgIpc) is 2.49. The maximum atomic E-state index is 5.33. The van der Waals surface area contributed by atoms with Crippen LogP contribution in [-0.4, -0.2) is 14.2 Å². The van der Waals surface area contributed by atoms with Crippen molar-refractivity contribution in [3.63, 3.8) is 0 Å². The molecular weight excluding hydrogens is 248 g/mol. The second-order valence-electron chi connectivity index (χ2n) is 5.41. The minimum atomic E-state index is 0.812. The van der Waals surface area contributed by atoms with Crippen LogP contribution in [0.2, 0.25) is 0 Å². The molecule has 0 atom stereocenters. The van der Waals surface area contributed by atoms with Crippen molar-refractivity contribution < 1.29 is 9.47 Å². The van der Waals surface area contributed by atoms with Crippen molar-refractivity contribution in [2.24, 2.45) is 0 Å². The highest BCUT2D eigenvalue weighted by Gasteiger charge is 2.04. The Morgan fingerprint density at radius 2 is 1.35 bits per heavy atom. The van der Waals surface area contributed by atoms with Crippen LogP contribution in [0.3, 0.4) is 0 Å². The van der Waals surface area contributed by atoms with Crippen molar-refractivity contribution in [3.8, 4) is 11.5 Å². The number of unbranched alkanes of at least 4 members (excludes halogenated alkanes) is 7. The summed E-state index contributed by atoms with van der Waals surface area (Å²) in [5.74, 6) is 1.65. The van der Waals surface area contributed by atoms with Crippen LogP contribution in [0.1, 0.15) is 63.9 Å². The summed E-state index contributed by atoms with van der Waals surface area (Å²) in [6.45, 7) is 2.27. The van der Waals surface area contributed by atoms with Gasteiger partial charge < -0.3 is 9.47 Å². The first-order chi connectivity index (χ1) is 9.81. The van der Waals surface area contributed by atoms with Crippen LogP contribution in [0.4, 0.5) is 0 Å². The molecule has 2 nitrogen and oxygen atoms in total. The molecule has 0 N–H and O–H groups in total. The van der Waals surface area contributed by atoms with Crippen molar-refractivity contribution in [1.82, 2.24) is 0 Å². The fraction of sp³-hybridized carbons (Fsp3) is 0.667. The van der Waals surface area contributed by atoms with Gasteiger partial charge in [0.2, 0.25) is 0 Å². The van der Waals surface area contributed by atoms with Crippen molar-refractivity contribution in [2.75, 3.05) is 14.2 Å². The highest BCUT2D eigenvalue weighted by molar-refractivity contribution is 5.42. The SMILES string of the molecule is CCCCCCCCCCc1ccc(OC)c(OC)c1. The number of hydrogen-bond donors (Lipinski definition) is 0. The predicted octanol–water partition coefficient (Wildman–Crippen LogP) is 5.39. The van der Waals surface area contributed by atoms with Gasteiger partial charge >= 0.3 is 0 Å². The zero-order valence-corrected chi connectivity index (χ0v) is 13.4. The lowest BCUT2D eigenvalue weighted by Crippen LogP contribution is -1.93. The number of rotatable bonds is 11. The smallest absolute Gasteiger partial charge is 0.160 e. The summed E-state index contributed by atoms with van der Waals surface area (Å²) in [5, 5.41) is 0. The van der Waals surface area contributed by atoms with Crippen LogP contribution in [0.25, 0.3) is 0 Å². The number of aryl methyl sites for hydroxylation is 1. The lowest BCUT2D eigenvalue weighted by Gasteiger charge is -2.09. The van der Waals surface area contributed by atoms with Crippen molar-refractivity contribution in [3.05, 3.63) is 23.8 Å². The molecule has 20 heavy (non-hydrogen) atoms. The minimum Gasteiger partial charge on any atom is -0.493 e. The van der Waals surface area contributed by atoms with Gasteiger partial charge in [-0.1, -0.05) is 57.9 Å². The zero-order valence-electron chi connectivity index (χ0n) is 13.4. The lowest BCUT2D eigenvalue weighted by molar-refractivity contribution is 0.354. The van der Waals surface area contributed by atoms with E-state index >= 15 is 0 Å². The van der Waals surface area contributed by atoms with Gasteiger partial charge in [-0.2, -0.15) is 0 Å². The quantitative estimate of drug-likeness (QED) is 0.505. The Bertz CT molecular complexity index is 360. The fourth-order valence-electron chi connectivity index (χ4n) is 2.50. The van der Waals surface area contributed by atoms with Crippen molar-refractivity contribution >= 4 is 0 Å². The Hall–Kier alpha value is -1.18. The van der Waals surface area contributed by atoms with Gasteiger partial charge in [0.15, 0.2) is 11.5 Å². The largest absolute Gasteiger partial charge is 0.493 e. The minimum absolute atomic E-state index is 0.812. The molecule has 0 saturated carbocycles. The summed E-state index contributed by atoms with van der Waals surface area (Å²) in [5.41, 5.74) is 1.34. The molecule has 0 spiro atoms. The number of hydrogen-bond acceptors (Lipinski definition) is 2. The van der Waals surface area contributed by atoms with Crippen LogP contribution in [0.5, 0.6) is 11.5 Å². The molecule has 0 saturated heterocycles. The molecular formula is C18H30O2. The van der Waals surface area contributed by atoms with Crippen LogP contribution in [0, 0.1) is 0 Å². The third-order valence-electron chi connectivity index (χ3n) is 3.77. The monoisotopic (exact) mass is 278 g/mol. The first-order valence-electron chi connectivity index (χ1n) is 8.02. The number of benzene rings is 1. The van der Waals surface area contributed by atoms with Gasteiger partial charge in [0.25, 0.3) is 0 Å². The lowest BCUT2D eigenvalue weighted by atomic mass is 10.0. The maximum absolute atomic E-state index is 5.33. The summed E-state index contributed by atoms with van der Waals surface area (Å²) >= 11 is 0. The van der Waals surface area contributed by atoms with Gasteiger partial charge in [-0.25, -0.2) is 0 Å². The molecule has 0 aromatic heterocycles. The molecule has 0 radical (unpaired) electrons. The molecule has 0 bridgehead atoms. The molecule has 0 heterocycles. The average molecular weight is 278 g/mol. The molecule has 1 aromatic carbocycles. The van der Waals surface area contributed by atoms with E-state index in [-0.39, 0.29) is 0 Å². The van der Waals surface area contributed by atoms with Gasteiger partial charge in [0, 0.05) is 0 Å². The van der Waals surface area contributed by atoms with Crippen LogP contribution < -0.4 is 9.47 Å². The standard InChI is InChI=1S/C18H30O2/c1-4-5-6-7-8-9-10-11-12-16-13-14-17(19-2)18(15-16)20-3/h13-15H,4-12H2,1-3H3. The predicted molar refractivity (Wildman–Crippen MR) is 85.9 cm³/mol. The highest BCUT2D eigenvalue weighted by Crippen LogP contribution is 2.28. The van der Waals surface area contributed by atoms with E-state index < -0.39 is 0 Å². The third-order valence-corrected chi connectivity index (χ3v) is 3.77. The Labute approximate surface area is 124 Å². The van der Waals surface area contributed by atoms with E-state index in [4.69, 9.17) is 9.47 Å². The third kappa shape index (κ3) is 6.31. The Balaban J connectivity index is 2.18. The summed E-state index contributed by atoms with van der Waals surface area (Å²) in [7, 11) is 3.37. The molecule has 0 amide bonds. The summed E-state index contributed by atoms with van der Waals surface area (Å²) in [6.07, 6.45) is 12.0. The summed E-state index contributed by atoms with van der Waals surface area (Å²) in [4.78, 5) is 0. The molecule has 0 aliphatic rings. The van der Waals surface area contributed by atoms with Crippen molar-refractivity contribution in [2.45, 2.75) is 64.7 Å². The summed E-state index contributed by atoms with van der Waals surface area (Å²) < 4.78 is 10.6. The second kappa shape index (κ2) is 10.6. The Kier molecular flexibility index (Phi) is 8.93. The molecule has 0 unspecified atom stereocenters. The second-order valence-corrected chi connectivity index (χ2v) is 5.41. The van der Waals surface area contributed by atoms with E-state index in [1.807, 2.05) is 6.07 Å². The first kappa shape index (κ1) is 16.9. The zero-order chi connectivity index (χ0) is 14.6. The molecule has 0 aliphatic carbocycles. The maximum Gasteiger partial charge on any atom is 0.160 e. The highest BCUT2D eigenvalue weighted by atomic mass is 16.5. The van der Waals surface area contributed by atoms with Gasteiger partial charge in [0.1, 0.15) is 0 Å². The molecule has 1 aromatic rings. The van der Waals surface area contributed by atoms with Crippen LogP contribution >= 0.6 is 0 Å². The van der Waals surface area contributed by atoms with E-state index in [1.165, 1.54) is 56.9 Å². The molecule has 2 heteroatoms. The van der Waals surface area contributed by atoms with E-state index in [0.717, 1.165) is 17.9 Å². The Morgan fingerprint density at radius 3 is 1.95 bits per heavy atom. The topological polar surface area (TPSA) is 18.5 Å². The van der Waals surface area contributed by atoms with Gasteiger partial charge in [-0.15, -0.1) is 0 Å². The fourth-order valence-corrected chi connectivity index (χ4v) is 2.50. The van der Waals surface area contributed by atoms with Crippen LogP contribution in [-0.2, 0) is 6.42 Å². The van der Waals surface area contributed by atoms with E-state index in [1.54, 1.807) is 14.2 Å². The van der Waals surface area contributed by atoms with Gasteiger partial charge in [-0.3, -0.25) is 0 Å². The number of methoxy groups -OCH3 is 2. The summed E-state index contributed by atoms with van der Waals surface area (Å²) in [6, 6.07) is 6.24. The van der Waals surface area contributed by atoms with Gasteiger partial charge in [0.05, 0.1) is 14.2 Å². The molecule has 0 fully saturated rings. The van der Waals surface area contributed by atoms with E-state index in [0.29, 0.717) is 0 Å². The Morgan fingerprint density at radius 1 is 0.750 bits per heavy atom.